The molecule has 1 N–H and O–H groups in total. The van der Waals surface area contributed by atoms with Crippen molar-refractivity contribution in [3.63, 3.8) is 0 Å². The number of hydrogen-bond acceptors (Lipinski definition) is 4. The average molecular weight is 240 g/mol. The molecule has 1 rings (SSSR count). The second kappa shape index (κ2) is 4.98. The van der Waals surface area contributed by atoms with Gasteiger partial charge in [0, 0.05) is 23.3 Å². The van der Waals surface area contributed by atoms with Crippen molar-refractivity contribution in [2.24, 2.45) is 0 Å². The Bertz CT molecular complexity index is 228. The predicted octanol–water partition coefficient (Wildman–Crippen LogP) is 2.58. The minimum atomic E-state index is -0.261. The second-order valence-corrected chi connectivity index (χ2v) is 4.09. The minimum absolute atomic E-state index is 0.261. The number of nitrogens with zero attached hydrogens (tertiary/aromatic N) is 2. The lowest BCUT2D eigenvalue weighted by atomic mass is 10.0. The van der Waals surface area contributed by atoms with Crippen LogP contribution in [0, 0.1) is 0 Å². The topological polar surface area (TPSA) is 37.8 Å². The molecule has 6 heteroatoms. The van der Waals surface area contributed by atoms with Gasteiger partial charge in [-0.2, -0.15) is 4.37 Å². The van der Waals surface area contributed by atoms with Crippen molar-refractivity contribution < 1.29 is 0 Å². The van der Waals surface area contributed by atoms with Crippen molar-refractivity contribution in [3.05, 3.63) is 6.33 Å². The first-order valence-corrected chi connectivity index (χ1v) is 5.77. The van der Waals surface area contributed by atoms with E-state index in [1.807, 2.05) is 6.92 Å². The Balaban J connectivity index is 2.67. The molecule has 74 valence electrons. The molecule has 0 aliphatic rings. The van der Waals surface area contributed by atoms with E-state index in [2.05, 4.69) is 14.7 Å². The van der Waals surface area contributed by atoms with Crippen LogP contribution in [0.3, 0.4) is 0 Å². The first-order chi connectivity index (χ1) is 6.26. The Morgan fingerprint density at radius 1 is 1.54 bits per heavy atom. The first kappa shape index (κ1) is 11.0. The molecule has 0 saturated heterocycles. The average Bonchev–Trinajstić information content (AvgIpc) is 2.67. The van der Waals surface area contributed by atoms with Crippen LogP contribution >= 0.6 is 34.7 Å². The van der Waals surface area contributed by atoms with E-state index in [4.69, 9.17) is 23.2 Å². The summed E-state index contributed by atoms with van der Waals surface area (Å²) in [5.41, 5.74) is -0.261. The third-order valence-electron chi connectivity index (χ3n) is 1.92. The molecule has 0 aliphatic heterocycles. The van der Waals surface area contributed by atoms with Crippen molar-refractivity contribution in [3.8, 4) is 0 Å². The summed E-state index contributed by atoms with van der Waals surface area (Å²) in [5.74, 6) is 0.930. The molecular formula is C7H11Cl2N3S. The van der Waals surface area contributed by atoms with E-state index in [9.17, 15) is 0 Å². The van der Waals surface area contributed by atoms with Gasteiger partial charge < -0.3 is 5.32 Å². The summed E-state index contributed by atoms with van der Waals surface area (Å²) in [7, 11) is 0. The number of aromatic nitrogens is 2. The zero-order chi connectivity index (χ0) is 9.73. The van der Waals surface area contributed by atoms with Crippen LogP contribution in [0.25, 0.3) is 0 Å². The highest BCUT2D eigenvalue weighted by molar-refractivity contribution is 7.09. The largest absolute Gasteiger partial charge is 0.352 e. The Morgan fingerprint density at radius 2 is 2.23 bits per heavy atom. The summed E-state index contributed by atoms with van der Waals surface area (Å²) >= 11 is 13.0. The fourth-order valence-corrected chi connectivity index (χ4v) is 2.18. The fourth-order valence-electron chi connectivity index (χ4n) is 0.835. The Labute approximate surface area is 91.6 Å². The Kier molecular flexibility index (Phi) is 4.22. The van der Waals surface area contributed by atoms with E-state index >= 15 is 0 Å². The van der Waals surface area contributed by atoms with Gasteiger partial charge in [0.2, 0.25) is 5.13 Å². The van der Waals surface area contributed by atoms with Gasteiger partial charge in [0.15, 0.2) is 0 Å². The SMILES string of the molecule is CCC(CCl)(CCl)Nc1ncns1. The zero-order valence-corrected chi connectivity index (χ0v) is 9.59. The number of anilines is 1. The molecule has 0 bridgehead atoms. The molecule has 1 aromatic rings. The van der Waals surface area contributed by atoms with Crippen molar-refractivity contribution in [1.82, 2.24) is 9.36 Å². The van der Waals surface area contributed by atoms with Gasteiger partial charge in [-0.05, 0) is 6.42 Å². The van der Waals surface area contributed by atoms with Gasteiger partial charge in [0.1, 0.15) is 6.33 Å². The van der Waals surface area contributed by atoms with Gasteiger partial charge in [0.25, 0.3) is 0 Å². The van der Waals surface area contributed by atoms with Crippen LogP contribution in [-0.4, -0.2) is 26.7 Å². The molecule has 3 nitrogen and oxygen atoms in total. The standard InChI is InChI=1S/C7H11Cl2N3S/c1-2-7(3-8,4-9)12-6-10-5-11-13-6/h5H,2-4H2,1H3,(H,10,11,12). The van der Waals surface area contributed by atoms with Gasteiger partial charge in [0.05, 0.1) is 5.54 Å². The van der Waals surface area contributed by atoms with Gasteiger partial charge >= 0.3 is 0 Å². The van der Waals surface area contributed by atoms with Crippen molar-refractivity contribution in [2.75, 3.05) is 17.1 Å². The molecule has 0 atom stereocenters. The summed E-state index contributed by atoms with van der Waals surface area (Å²) < 4.78 is 3.89. The number of hydrogen-bond donors (Lipinski definition) is 1. The maximum absolute atomic E-state index is 5.85. The second-order valence-electron chi connectivity index (χ2n) is 2.77. The van der Waals surface area contributed by atoms with Crippen LogP contribution in [0.5, 0.6) is 0 Å². The third-order valence-corrected chi connectivity index (χ3v) is 3.53. The van der Waals surface area contributed by atoms with E-state index in [1.54, 1.807) is 0 Å². The van der Waals surface area contributed by atoms with Crippen LogP contribution < -0.4 is 5.32 Å². The van der Waals surface area contributed by atoms with E-state index in [0.717, 1.165) is 11.6 Å². The summed E-state index contributed by atoms with van der Waals surface area (Å²) in [6.07, 6.45) is 2.37. The summed E-state index contributed by atoms with van der Waals surface area (Å²) in [4.78, 5) is 4.02. The monoisotopic (exact) mass is 239 g/mol. The molecule has 0 radical (unpaired) electrons. The molecule has 0 aromatic carbocycles. The lowest BCUT2D eigenvalue weighted by molar-refractivity contribution is 0.560. The summed E-state index contributed by atoms with van der Waals surface area (Å²) in [6.45, 7) is 2.04. The zero-order valence-electron chi connectivity index (χ0n) is 7.26. The number of halogens is 2. The van der Waals surface area contributed by atoms with E-state index < -0.39 is 0 Å². The summed E-state index contributed by atoms with van der Waals surface area (Å²) in [6, 6.07) is 0. The van der Waals surface area contributed by atoms with E-state index in [1.165, 1.54) is 17.9 Å². The Morgan fingerprint density at radius 3 is 2.62 bits per heavy atom. The quantitative estimate of drug-likeness (QED) is 0.804. The van der Waals surface area contributed by atoms with Gasteiger partial charge in [-0.3, -0.25) is 0 Å². The highest BCUT2D eigenvalue weighted by Gasteiger charge is 2.26. The number of rotatable bonds is 5. The summed E-state index contributed by atoms with van der Waals surface area (Å²) in [5, 5.41) is 3.97. The highest BCUT2D eigenvalue weighted by Crippen LogP contribution is 2.22. The molecule has 0 saturated carbocycles. The van der Waals surface area contributed by atoms with Gasteiger partial charge in [-0.1, -0.05) is 6.92 Å². The minimum Gasteiger partial charge on any atom is -0.352 e. The van der Waals surface area contributed by atoms with Crippen LogP contribution in [-0.2, 0) is 0 Å². The van der Waals surface area contributed by atoms with Gasteiger partial charge in [-0.15, -0.1) is 23.2 Å². The first-order valence-electron chi connectivity index (χ1n) is 3.93. The molecule has 13 heavy (non-hydrogen) atoms. The lowest BCUT2D eigenvalue weighted by Gasteiger charge is -2.28. The lowest BCUT2D eigenvalue weighted by Crippen LogP contribution is -2.41. The molecule has 0 spiro atoms. The highest BCUT2D eigenvalue weighted by atomic mass is 35.5. The molecule has 0 fully saturated rings. The molecule has 1 heterocycles. The predicted molar refractivity (Wildman–Crippen MR) is 58.0 cm³/mol. The molecule has 0 aliphatic carbocycles. The van der Waals surface area contributed by atoms with E-state index in [0.29, 0.717) is 11.8 Å². The maximum atomic E-state index is 5.85. The van der Waals surface area contributed by atoms with Crippen molar-refractivity contribution in [1.29, 1.82) is 0 Å². The Hall–Kier alpha value is -0.0600. The number of alkyl halides is 2. The number of nitrogens with one attached hydrogen (secondary N) is 1. The molecule has 0 unspecified atom stereocenters. The van der Waals surface area contributed by atoms with Crippen LogP contribution in [0.1, 0.15) is 13.3 Å². The van der Waals surface area contributed by atoms with Gasteiger partial charge in [-0.25, -0.2) is 4.98 Å². The van der Waals surface area contributed by atoms with Crippen molar-refractivity contribution in [2.45, 2.75) is 18.9 Å². The van der Waals surface area contributed by atoms with Crippen LogP contribution in [0.15, 0.2) is 6.33 Å². The van der Waals surface area contributed by atoms with Crippen LogP contribution in [0.2, 0.25) is 0 Å². The van der Waals surface area contributed by atoms with Crippen molar-refractivity contribution >= 4 is 39.9 Å². The smallest absolute Gasteiger partial charge is 0.202 e. The normalized spacial score (nSPS) is 11.6. The molecule has 0 amide bonds. The van der Waals surface area contributed by atoms with E-state index in [-0.39, 0.29) is 5.54 Å². The molecular weight excluding hydrogens is 229 g/mol. The third kappa shape index (κ3) is 2.69. The van der Waals surface area contributed by atoms with Crippen LogP contribution in [0.4, 0.5) is 5.13 Å². The molecule has 1 aromatic heterocycles. The fraction of sp³-hybridized carbons (Fsp3) is 0.714. The maximum Gasteiger partial charge on any atom is 0.202 e.